The second-order valence-electron chi connectivity index (χ2n) is 6.49. The van der Waals surface area contributed by atoms with Gasteiger partial charge >= 0.3 is 11.8 Å². The van der Waals surface area contributed by atoms with Crippen molar-refractivity contribution in [3.8, 4) is 0 Å². The Balaban J connectivity index is 2.15. The maximum atomic E-state index is 12.4. The Labute approximate surface area is 156 Å². The minimum atomic E-state index is -0.919. The molecule has 0 aliphatic carbocycles. The van der Waals surface area contributed by atoms with Crippen LogP contribution in [0.15, 0.2) is 16.9 Å². The molecule has 0 unspecified atom stereocenters. The van der Waals surface area contributed by atoms with Crippen LogP contribution >= 0.6 is 11.6 Å². The van der Waals surface area contributed by atoms with E-state index in [0.29, 0.717) is 41.5 Å². The van der Waals surface area contributed by atoms with E-state index < -0.39 is 6.09 Å². The van der Waals surface area contributed by atoms with Crippen LogP contribution in [0.25, 0.3) is 11.0 Å². The van der Waals surface area contributed by atoms with Crippen molar-refractivity contribution in [2.75, 3.05) is 18.0 Å². The molecule has 2 atom stereocenters. The lowest BCUT2D eigenvalue weighted by Gasteiger charge is -2.45. The van der Waals surface area contributed by atoms with E-state index in [4.69, 9.17) is 11.6 Å². The van der Waals surface area contributed by atoms with Gasteiger partial charge in [0.15, 0.2) is 5.82 Å². The Hall–Kier alpha value is -2.35. The summed E-state index contributed by atoms with van der Waals surface area (Å²) in [5, 5.41) is 9.83. The summed E-state index contributed by atoms with van der Waals surface area (Å²) in [7, 11) is 1.64. The highest BCUT2D eigenvalue weighted by atomic mass is 35.5. The molecule has 0 aromatic carbocycles. The highest BCUT2D eigenvalue weighted by molar-refractivity contribution is 6.29. The smallest absolute Gasteiger partial charge is 0.407 e. The third-order valence-corrected chi connectivity index (χ3v) is 5.27. The van der Waals surface area contributed by atoms with Crippen LogP contribution in [0.1, 0.15) is 26.7 Å². The summed E-state index contributed by atoms with van der Waals surface area (Å²) in [5.41, 5.74) is 0.824. The van der Waals surface area contributed by atoms with Crippen molar-refractivity contribution in [1.82, 2.24) is 19.4 Å². The van der Waals surface area contributed by atoms with Crippen LogP contribution < -0.4 is 10.6 Å². The SMILES string of the molecule is CC[C@@H]1CN(c2nc(=O)n(C)c3ccc(Cl)nc23)[C@@H](CC)CN1C(=O)O. The third-order valence-electron chi connectivity index (χ3n) is 5.06. The molecule has 0 saturated carbocycles. The van der Waals surface area contributed by atoms with Gasteiger partial charge in [0.2, 0.25) is 0 Å². The van der Waals surface area contributed by atoms with Crippen molar-refractivity contribution in [1.29, 1.82) is 0 Å². The van der Waals surface area contributed by atoms with E-state index in [1.54, 1.807) is 19.2 Å². The van der Waals surface area contributed by atoms with E-state index in [2.05, 4.69) is 9.97 Å². The first kappa shape index (κ1) is 18.4. The molecule has 0 bridgehead atoms. The van der Waals surface area contributed by atoms with E-state index in [0.717, 1.165) is 6.42 Å². The van der Waals surface area contributed by atoms with Gasteiger partial charge < -0.3 is 14.9 Å². The molecule has 2 aromatic heterocycles. The summed E-state index contributed by atoms with van der Waals surface area (Å²) >= 11 is 6.08. The highest BCUT2D eigenvalue weighted by Crippen LogP contribution is 2.29. The molecule has 26 heavy (non-hydrogen) atoms. The van der Waals surface area contributed by atoms with Gasteiger partial charge in [-0.15, -0.1) is 0 Å². The number of carboxylic acid groups (broad SMARTS) is 1. The van der Waals surface area contributed by atoms with Crippen molar-refractivity contribution in [2.24, 2.45) is 7.05 Å². The molecule has 0 spiro atoms. The maximum absolute atomic E-state index is 12.4. The first-order chi connectivity index (χ1) is 12.4. The van der Waals surface area contributed by atoms with Gasteiger partial charge in [-0.1, -0.05) is 25.4 Å². The van der Waals surface area contributed by atoms with Gasteiger partial charge in [-0.05, 0) is 25.0 Å². The summed E-state index contributed by atoms with van der Waals surface area (Å²) in [6.07, 6.45) is 0.480. The van der Waals surface area contributed by atoms with Gasteiger partial charge in [0, 0.05) is 26.2 Å². The van der Waals surface area contributed by atoms with Crippen LogP contribution in [0.2, 0.25) is 5.15 Å². The number of hydrogen-bond donors (Lipinski definition) is 1. The first-order valence-corrected chi connectivity index (χ1v) is 9.04. The predicted octanol–water partition coefficient (Wildman–Crippen LogP) is 2.34. The minimum absolute atomic E-state index is 0.0857. The molecule has 8 nitrogen and oxygen atoms in total. The van der Waals surface area contributed by atoms with Gasteiger partial charge in [0.25, 0.3) is 0 Å². The van der Waals surface area contributed by atoms with Gasteiger partial charge in [-0.25, -0.2) is 14.6 Å². The first-order valence-electron chi connectivity index (χ1n) is 8.66. The molecule has 1 aliphatic rings. The number of hydrogen-bond acceptors (Lipinski definition) is 5. The van der Waals surface area contributed by atoms with Gasteiger partial charge in [-0.2, -0.15) is 4.98 Å². The van der Waals surface area contributed by atoms with E-state index in [1.807, 2.05) is 18.7 Å². The van der Waals surface area contributed by atoms with Gasteiger partial charge in [0.1, 0.15) is 10.7 Å². The zero-order chi connectivity index (χ0) is 19.0. The van der Waals surface area contributed by atoms with Gasteiger partial charge in [-0.3, -0.25) is 4.57 Å². The van der Waals surface area contributed by atoms with E-state index >= 15 is 0 Å². The van der Waals surface area contributed by atoms with Crippen LogP contribution in [-0.4, -0.2) is 55.8 Å². The Kier molecular flexibility index (Phi) is 5.04. The van der Waals surface area contributed by atoms with Crippen LogP contribution in [0.5, 0.6) is 0 Å². The Bertz CT molecular complexity index is 900. The lowest BCUT2D eigenvalue weighted by molar-refractivity contribution is 0.105. The third kappa shape index (κ3) is 3.09. The number of piperazine rings is 1. The van der Waals surface area contributed by atoms with Gasteiger partial charge in [0.05, 0.1) is 11.6 Å². The summed E-state index contributed by atoms with van der Waals surface area (Å²) in [5.74, 6) is 0.473. The molecule has 1 N–H and O–H groups in total. The molecule has 2 aromatic rings. The number of amides is 1. The molecular formula is C17H22ClN5O3. The quantitative estimate of drug-likeness (QED) is 0.823. The van der Waals surface area contributed by atoms with Crippen molar-refractivity contribution >= 4 is 34.5 Å². The van der Waals surface area contributed by atoms with Crippen molar-refractivity contribution in [3.63, 3.8) is 0 Å². The molecule has 1 amide bonds. The molecule has 140 valence electrons. The predicted molar refractivity (Wildman–Crippen MR) is 100 cm³/mol. The standard InChI is InChI=1S/C17H22ClN5O3/c1-4-10-9-23(17(25)26)11(5-2)8-22(10)15-14-12(6-7-13(18)19-14)21(3)16(24)20-15/h6-7,10-11H,4-5,8-9H2,1-3H3,(H,25,26)/t10-,11+/m0/s1. The number of fused-ring (bicyclic) bond motifs is 1. The zero-order valence-electron chi connectivity index (χ0n) is 15.0. The minimum Gasteiger partial charge on any atom is -0.465 e. The fourth-order valence-corrected chi connectivity index (χ4v) is 3.67. The summed E-state index contributed by atoms with van der Waals surface area (Å²) in [6.45, 7) is 4.78. The second-order valence-corrected chi connectivity index (χ2v) is 6.88. The van der Waals surface area contributed by atoms with Crippen LogP contribution in [0.3, 0.4) is 0 Å². The van der Waals surface area contributed by atoms with Crippen molar-refractivity contribution in [3.05, 3.63) is 27.8 Å². The molecule has 1 aliphatic heterocycles. The van der Waals surface area contributed by atoms with Crippen LogP contribution in [-0.2, 0) is 7.05 Å². The number of aromatic nitrogens is 3. The topological polar surface area (TPSA) is 91.6 Å². The van der Waals surface area contributed by atoms with Crippen LogP contribution in [0, 0.1) is 0 Å². The maximum Gasteiger partial charge on any atom is 0.407 e. The van der Waals surface area contributed by atoms with E-state index in [-0.39, 0.29) is 17.8 Å². The molecule has 1 fully saturated rings. The Morgan fingerprint density at radius 2 is 1.92 bits per heavy atom. The molecular weight excluding hydrogens is 358 g/mol. The molecule has 1 saturated heterocycles. The largest absolute Gasteiger partial charge is 0.465 e. The zero-order valence-corrected chi connectivity index (χ0v) is 15.8. The number of rotatable bonds is 3. The Morgan fingerprint density at radius 1 is 1.23 bits per heavy atom. The number of halogens is 1. The summed E-state index contributed by atoms with van der Waals surface area (Å²) in [4.78, 5) is 36.1. The highest BCUT2D eigenvalue weighted by Gasteiger charge is 2.36. The molecule has 3 heterocycles. The number of pyridine rings is 1. The lowest BCUT2D eigenvalue weighted by Crippen LogP contribution is -2.60. The molecule has 9 heteroatoms. The van der Waals surface area contributed by atoms with E-state index in [9.17, 15) is 14.7 Å². The lowest BCUT2D eigenvalue weighted by atomic mass is 10.0. The number of anilines is 1. The fraction of sp³-hybridized carbons (Fsp3) is 0.529. The van der Waals surface area contributed by atoms with E-state index in [1.165, 1.54) is 9.47 Å². The second kappa shape index (κ2) is 7.11. The monoisotopic (exact) mass is 379 g/mol. The molecule has 3 rings (SSSR count). The number of nitrogens with zero attached hydrogens (tertiary/aromatic N) is 5. The number of carbonyl (C=O) groups is 1. The van der Waals surface area contributed by atoms with Crippen LogP contribution in [0.4, 0.5) is 10.6 Å². The summed E-state index contributed by atoms with van der Waals surface area (Å²) < 4.78 is 1.44. The number of aryl methyl sites for hydroxylation is 1. The van der Waals surface area contributed by atoms with Crippen molar-refractivity contribution in [2.45, 2.75) is 38.8 Å². The van der Waals surface area contributed by atoms with Crippen molar-refractivity contribution < 1.29 is 9.90 Å². The average Bonchev–Trinajstić information content (AvgIpc) is 2.63. The fourth-order valence-electron chi connectivity index (χ4n) is 3.53. The normalized spacial score (nSPS) is 20.6. The Morgan fingerprint density at radius 3 is 2.54 bits per heavy atom. The molecule has 0 radical (unpaired) electrons. The average molecular weight is 380 g/mol. The summed E-state index contributed by atoms with van der Waals surface area (Å²) in [6, 6.07) is 3.14.